The van der Waals surface area contributed by atoms with Crippen molar-refractivity contribution in [3.05, 3.63) is 17.0 Å². The van der Waals surface area contributed by atoms with Crippen molar-refractivity contribution in [2.24, 2.45) is 0 Å². The van der Waals surface area contributed by atoms with Gasteiger partial charge in [0.05, 0.1) is 0 Å². The van der Waals surface area contributed by atoms with Crippen LogP contribution in [0.3, 0.4) is 0 Å². The summed E-state index contributed by atoms with van der Waals surface area (Å²) in [5, 5.41) is 8.49. The fourth-order valence-corrected chi connectivity index (χ4v) is 0.147. The van der Waals surface area contributed by atoms with Crippen molar-refractivity contribution in [3.63, 3.8) is 0 Å². The molecule has 1 radical (unpaired) electrons. The summed E-state index contributed by atoms with van der Waals surface area (Å²) in [4.78, 5) is 13.2. The van der Waals surface area contributed by atoms with Crippen LogP contribution in [0.5, 0.6) is 0 Å². The molecule has 1 unspecified atom stereocenters. The first kappa shape index (κ1) is 6.20. The number of rotatable bonds is 2. The zero-order chi connectivity index (χ0) is 5.86. The lowest BCUT2D eigenvalue weighted by atomic mass is 10.5. The highest BCUT2D eigenvalue weighted by molar-refractivity contribution is 4.43. The van der Waals surface area contributed by atoms with Crippen LogP contribution < -0.4 is 0 Å². The molecule has 0 amide bonds. The Balaban J connectivity index is 3.13. The lowest BCUT2D eigenvalue weighted by molar-refractivity contribution is -0.764. The lowest BCUT2D eigenvalue weighted by Gasteiger charge is -1.96. The summed E-state index contributed by atoms with van der Waals surface area (Å²) >= 11 is 0. The maximum absolute atomic E-state index is 9.35. The van der Waals surface area contributed by atoms with Gasteiger partial charge < -0.3 is 4.84 Å². The molecule has 0 aromatic carbocycles. The predicted molar refractivity (Wildman–Crippen MR) is 22.9 cm³/mol. The summed E-state index contributed by atoms with van der Waals surface area (Å²) in [5.74, 6) is 0. The first-order valence-electron chi connectivity index (χ1n) is 1.77. The van der Waals surface area contributed by atoms with E-state index in [1.807, 2.05) is 0 Å². The maximum Gasteiger partial charge on any atom is 0.294 e. The normalized spacial score (nSPS) is 9.00. The largest absolute Gasteiger partial charge is 0.311 e. The Morgan fingerprint density at radius 3 is 2.43 bits per heavy atom. The second-order valence-corrected chi connectivity index (χ2v) is 1.14. The van der Waals surface area contributed by atoms with E-state index in [0.717, 1.165) is 0 Å². The van der Waals surface area contributed by atoms with Gasteiger partial charge in [0.15, 0.2) is 0 Å². The van der Waals surface area contributed by atoms with Gasteiger partial charge in [-0.05, 0) is 13.8 Å². The van der Waals surface area contributed by atoms with E-state index in [1.54, 1.807) is 0 Å². The minimum Gasteiger partial charge on any atom is -0.311 e. The van der Waals surface area contributed by atoms with Crippen molar-refractivity contribution in [3.8, 4) is 0 Å². The van der Waals surface area contributed by atoms with Gasteiger partial charge >= 0.3 is 0 Å². The molecule has 41 valence electrons. The van der Waals surface area contributed by atoms with Gasteiger partial charge in [0, 0.05) is 0 Å². The molecule has 4 heteroatoms. The summed E-state index contributed by atoms with van der Waals surface area (Å²) in [6, 6.07) is 0. The molecule has 0 heterocycles. The average Bonchev–Trinajstić information content (AvgIpc) is 1.27. The third-order valence-corrected chi connectivity index (χ3v) is 0.266. The molecular weight excluding hydrogens is 98.0 g/mol. The molecule has 0 aliphatic carbocycles. The van der Waals surface area contributed by atoms with Crippen LogP contribution in [0.4, 0.5) is 0 Å². The van der Waals surface area contributed by atoms with E-state index >= 15 is 0 Å². The highest BCUT2D eigenvalue weighted by Crippen LogP contribution is 1.83. The molecule has 0 aliphatic rings. The van der Waals surface area contributed by atoms with Crippen molar-refractivity contribution in [2.45, 2.75) is 13.0 Å². The summed E-state index contributed by atoms with van der Waals surface area (Å²) < 4.78 is 0. The minimum absolute atomic E-state index is 0.574. The lowest BCUT2D eigenvalue weighted by Crippen LogP contribution is -2.08. The Bertz CT molecular complexity index is 70.6. The van der Waals surface area contributed by atoms with Gasteiger partial charge in [-0.3, -0.25) is 0 Å². The monoisotopic (exact) mass is 104 g/mol. The van der Waals surface area contributed by atoms with E-state index in [9.17, 15) is 10.1 Å². The Labute approximate surface area is 41.2 Å². The highest BCUT2D eigenvalue weighted by Gasteiger charge is 1.96. The Morgan fingerprint density at radius 2 is 2.43 bits per heavy atom. The van der Waals surface area contributed by atoms with Gasteiger partial charge in [-0.25, -0.2) is 0 Å². The molecule has 7 heavy (non-hydrogen) atoms. The van der Waals surface area contributed by atoms with Crippen LogP contribution in [0.1, 0.15) is 6.92 Å². The van der Waals surface area contributed by atoms with Crippen LogP contribution in [0.15, 0.2) is 0 Å². The van der Waals surface area contributed by atoms with Gasteiger partial charge in [-0.15, -0.1) is 10.1 Å². The second-order valence-electron chi connectivity index (χ2n) is 1.14. The van der Waals surface area contributed by atoms with E-state index in [4.69, 9.17) is 0 Å². The quantitative estimate of drug-likeness (QED) is 0.376. The first-order valence-corrected chi connectivity index (χ1v) is 1.77. The second kappa shape index (κ2) is 2.39. The SMILES string of the molecule is [CH2]C(C)O[N+](=O)[O-]. The number of hydrogen-bond donors (Lipinski definition) is 0. The fourth-order valence-electron chi connectivity index (χ4n) is 0.147. The summed E-state index contributed by atoms with van der Waals surface area (Å²) in [6.07, 6.45) is -0.574. The molecule has 0 fully saturated rings. The first-order chi connectivity index (χ1) is 3.13. The van der Waals surface area contributed by atoms with Crippen LogP contribution >= 0.6 is 0 Å². The van der Waals surface area contributed by atoms with E-state index in [1.165, 1.54) is 6.92 Å². The Morgan fingerprint density at radius 1 is 2.00 bits per heavy atom. The van der Waals surface area contributed by atoms with Crippen LogP contribution in [-0.2, 0) is 4.84 Å². The molecule has 0 aromatic rings. The molecule has 4 nitrogen and oxygen atoms in total. The zero-order valence-corrected chi connectivity index (χ0v) is 3.96. The minimum atomic E-state index is -0.863. The third-order valence-electron chi connectivity index (χ3n) is 0.266. The highest BCUT2D eigenvalue weighted by atomic mass is 17.0. The van der Waals surface area contributed by atoms with Crippen LogP contribution in [-0.4, -0.2) is 11.2 Å². The summed E-state index contributed by atoms with van der Waals surface area (Å²) in [5.41, 5.74) is 0. The summed E-state index contributed by atoms with van der Waals surface area (Å²) in [6.45, 7) is 4.70. The molecule has 0 spiro atoms. The van der Waals surface area contributed by atoms with Gasteiger partial charge in [-0.1, -0.05) is 0 Å². The Hall–Kier alpha value is -0.800. The van der Waals surface area contributed by atoms with Crippen molar-refractivity contribution < 1.29 is 9.92 Å². The predicted octanol–water partition coefficient (Wildman–Crippen LogP) is 0.417. The van der Waals surface area contributed by atoms with Crippen LogP contribution in [0, 0.1) is 17.0 Å². The molecule has 0 saturated heterocycles. The molecule has 0 bridgehead atoms. The van der Waals surface area contributed by atoms with E-state index in [-0.39, 0.29) is 0 Å². The average molecular weight is 104 g/mol. The zero-order valence-electron chi connectivity index (χ0n) is 3.96. The maximum atomic E-state index is 9.35. The topological polar surface area (TPSA) is 52.4 Å². The molecule has 0 saturated carbocycles. The van der Waals surface area contributed by atoms with Crippen molar-refractivity contribution in [1.29, 1.82) is 0 Å². The third kappa shape index (κ3) is 5.20. The molecule has 0 N–H and O–H groups in total. The van der Waals surface area contributed by atoms with Crippen molar-refractivity contribution >= 4 is 0 Å². The van der Waals surface area contributed by atoms with Gasteiger partial charge in [0.1, 0.15) is 6.10 Å². The van der Waals surface area contributed by atoms with Gasteiger partial charge in [0.2, 0.25) is 0 Å². The molecular formula is C3H6NO3. The number of nitrogens with zero attached hydrogens (tertiary/aromatic N) is 1. The van der Waals surface area contributed by atoms with E-state index in [2.05, 4.69) is 11.8 Å². The molecule has 0 rings (SSSR count). The van der Waals surface area contributed by atoms with Crippen LogP contribution in [0.2, 0.25) is 0 Å². The van der Waals surface area contributed by atoms with E-state index < -0.39 is 11.2 Å². The standard InChI is InChI=1S/C3H6NO3/c1-3(2)7-4(5)6/h3H,1H2,2H3. The van der Waals surface area contributed by atoms with Gasteiger partial charge in [-0.2, -0.15) is 0 Å². The molecule has 1 atom stereocenters. The summed E-state index contributed by atoms with van der Waals surface area (Å²) in [7, 11) is 0. The van der Waals surface area contributed by atoms with Crippen molar-refractivity contribution in [1.82, 2.24) is 0 Å². The number of hydrogen-bond acceptors (Lipinski definition) is 3. The fraction of sp³-hybridized carbons (Fsp3) is 0.667. The molecule has 0 aliphatic heterocycles. The smallest absolute Gasteiger partial charge is 0.294 e. The van der Waals surface area contributed by atoms with Crippen molar-refractivity contribution in [2.75, 3.05) is 0 Å². The Kier molecular flexibility index (Phi) is 2.11. The molecule has 0 aromatic heterocycles. The van der Waals surface area contributed by atoms with Crippen LogP contribution in [0.25, 0.3) is 0 Å². The van der Waals surface area contributed by atoms with Gasteiger partial charge in [0.25, 0.3) is 5.09 Å². The van der Waals surface area contributed by atoms with E-state index in [0.29, 0.717) is 0 Å².